The molecule has 114 valence electrons. The Bertz CT molecular complexity index is 527. The maximum Gasteiger partial charge on any atom is 0.416 e. The molecule has 2 nitrogen and oxygen atoms in total. The van der Waals surface area contributed by atoms with E-state index < -0.39 is 11.7 Å². The average molecular weight is 298 g/mol. The topological polar surface area (TPSA) is 26.3 Å². The van der Waals surface area contributed by atoms with E-state index >= 15 is 0 Å². The van der Waals surface area contributed by atoms with E-state index in [1.165, 1.54) is 6.07 Å². The highest BCUT2D eigenvalue weighted by Crippen LogP contribution is 2.37. The minimum Gasteiger partial charge on any atom is -0.375 e. The van der Waals surface area contributed by atoms with Crippen molar-refractivity contribution in [3.8, 4) is 0 Å². The van der Waals surface area contributed by atoms with E-state index in [1.807, 2.05) is 0 Å². The second-order valence-corrected chi connectivity index (χ2v) is 5.97. The molecule has 0 N–H and O–H groups in total. The molecule has 21 heavy (non-hydrogen) atoms. The zero-order chi connectivity index (χ0) is 15.0. The summed E-state index contributed by atoms with van der Waals surface area (Å²) in [6.45, 7) is 0. The third kappa shape index (κ3) is 3.28. The molecule has 1 aromatic carbocycles. The molecular weight excluding hydrogens is 281 g/mol. The van der Waals surface area contributed by atoms with Crippen molar-refractivity contribution < 1.29 is 22.7 Å². The second-order valence-electron chi connectivity index (χ2n) is 5.97. The van der Waals surface area contributed by atoms with Crippen molar-refractivity contribution in [2.75, 3.05) is 0 Å². The average Bonchev–Trinajstić information content (AvgIpc) is 2.76. The Morgan fingerprint density at radius 1 is 1.19 bits per heavy atom. The van der Waals surface area contributed by atoms with Gasteiger partial charge in [-0.1, -0.05) is 18.2 Å². The van der Waals surface area contributed by atoms with Crippen LogP contribution in [0.2, 0.25) is 0 Å². The summed E-state index contributed by atoms with van der Waals surface area (Å²) in [4.78, 5) is 12.3. The van der Waals surface area contributed by atoms with Gasteiger partial charge in [-0.2, -0.15) is 13.2 Å². The highest BCUT2D eigenvalue weighted by Gasteiger charge is 2.38. The van der Waals surface area contributed by atoms with Crippen molar-refractivity contribution in [2.45, 2.75) is 50.5 Å². The monoisotopic (exact) mass is 298 g/mol. The quantitative estimate of drug-likeness (QED) is 0.849. The van der Waals surface area contributed by atoms with Crippen molar-refractivity contribution >= 4 is 5.78 Å². The SMILES string of the molecule is O=C(Cc1cccc(C(F)(F)F)c1)C1CC2CCC(C1)O2. The van der Waals surface area contributed by atoms with Crippen LogP contribution in [-0.4, -0.2) is 18.0 Å². The van der Waals surface area contributed by atoms with Crippen LogP contribution in [0.5, 0.6) is 0 Å². The number of halogens is 3. The third-order valence-electron chi connectivity index (χ3n) is 4.38. The first-order valence-electron chi connectivity index (χ1n) is 7.26. The molecule has 0 aliphatic carbocycles. The van der Waals surface area contributed by atoms with Crippen LogP contribution in [0.15, 0.2) is 24.3 Å². The first-order chi connectivity index (χ1) is 9.91. The lowest BCUT2D eigenvalue weighted by atomic mass is 9.88. The van der Waals surface area contributed by atoms with Crippen LogP contribution in [0, 0.1) is 5.92 Å². The Kier molecular flexibility index (Phi) is 3.78. The predicted molar refractivity (Wildman–Crippen MR) is 70.8 cm³/mol. The van der Waals surface area contributed by atoms with Crippen LogP contribution < -0.4 is 0 Å². The summed E-state index contributed by atoms with van der Waals surface area (Å²) in [5.41, 5.74) is -0.256. The van der Waals surface area contributed by atoms with Gasteiger partial charge in [-0.25, -0.2) is 0 Å². The number of Topliss-reactive ketones (excluding diaryl/α,β-unsaturated/α-hetero) is 1. The van der Waals surface area contributed by atoms with E-state index in [2.05, 4.69) is 0 Å². The maximum atomic E-state index is 12.7. The Hall–Kier alpha value is -1.36. The molecule has 0 saturated carbocycles. The van der Waals surface area contributed by atoms with E-state index in [1.54, 1.807) is 6.07 Å². The first kappa shape index (κ1) is 14.6. The number of hydrogen-bond acceptors (Lipinski definition) is 2. The van der Waals surface area contributed by atoms with Gasteiger partial charge < -0.3 is 4.74 Å². The van der Waals surface area contributed by atoms with E-state index in [-0.39, 0.29) is 30.3 Å². The lowest BCUT2D eigenvalue weighted by molar-refractivity contribution is -0.137. The summed E-state index contributed by atoms with van der Waals surface area (Å²) in [6.07, 6.45) is -0.526. The van der Waals surface area contributed by atoms with Crippen molar-refractivity contribution in [1.82, 2.24) is 0 Å². The van der Waals surface area contributed by atoms with E-state index in [0.717, 1.165) is 25.0 Å². The fourth-order valence-electron chi connectivity index (χ4n) is 3.32. The predicted octanol–water partition coefficient (Wildman–Crippen LogP) is 3.77. The summed E-state index contributed by atoms with van der Waals surface area (Å²) in [6, 6.07) is 5.05. The van der Waals surface area contributed by atoms with Crippen LogP contribution in [-0.2, 0) is 22.1 Å². The molecule has 1 aromatic rings. The number of alkyl halides is 3. The number of benzene rings is 1. The van der Waals surface area contributed by atoms with Crippen LogP contribution in [0.3, 0.4) is 0 Å². The van der Waals surface area contributed by atoms with Gasteiger partial charge in [0.1, 0.15) is 5.78 Å². The second kappa shape index (κ2) is 5.44. The lowest BCUT2D eigenvalue weighted by Crippen LogP contribution is -2.30. The Balaban J connectivity index is 1.67. The van der Waals surface area contributed by atoms with Crippen molar-refractivity contribution in [3.05, 3.63) is 35.4 Å². The Morgan fingerprint density at radius 3 is 2.48 bits per heavy atom. The molecule has 2 aliphatic rings. The lowest BCUT2D eigenvalue weighted by Gasteiger charge is -2.27. The molecule has 0 radical (unpaired) electrons. The van der Waals surface area contributed by atoms with Gasteiger partial charge in [-0.15, -0.1) is 0 Å². The van der Waals surface area contributed by atoms with Gasteiger partial charge >= 0.3 is 6.18 Å². The van der Waals surface area contributed by atoms with Crippen molar-refractivity contribution in [2.24, 2.45) is 5.92 Å². The normalized spacial score (nSPS) is 28.6. The fourth-order valence-corrected chi connectivity index (χ4v) is 3.32. The molecule has 2 atom stereocenters. The number of ketones is 1. The summed E-state index contributed by atoms with van der Waals surface area (Å²) in [7, 11) is 0. The number of carbonyl (C=O) groups is 1. The number of fused-ring (bicyclic) bond motifs is 2. The molecule has 0 spiro atoms. The molecular formula is C16H17F3O2. The number of rotatable bonds is 3. The summed E-state index contributed by atoms with van der Waals surface area (Å²) < 4.78 is 43.7. The van der Waals surface area contributed by atoms with Gasteiger partial charge in [-0.3, -0.25) is 4.79 Å². The van der Waals surface area contributed by atoms with Gasteiger partial charge in [0.15, 0.2) is 0 Å². The number of carbonyl (C=O) groups excluding carboxylic acids is 1. The van der Waals surface area contributed by atoms with Gasteiger partial charge in [0.05, 0.1) is 17.8 Å². The Morgan fingerprint density at radius 2 is 1.86 bits per heavy atom. The summed E-state index contributed by atoms with van der Waals surface area (Å²) >= 11 is 0. The molecule has 2 heterocycles. The van der Waals surface area contributed by atoms with Crippen LogP contribution in [0.4, 0.5) is 13.2 Å². The third-order valence-corrected chi connectivity index (χ3v) is 4.38. The number of hydrogen-bond donors (Lipinski definition) is 0. The standard InChI is InChI=1S/C16H17F3O2/c17-16(18,19)12-3-1-2-10(6-12)7-15(20)11-8-13-4-5-14(9-11)21-13/h1-3,6,11,13-14H,4-5,7-9H2. The van der Waals surface area contributed by atoms with Gasteiger partial charge in [0.2, 0.25) is 0 Å². The van der Waals surface area contributed by atoms with Gasteiger partial charge in [0.25, 0.3) is 0 Å². The molecule has 0 aromatic heterocycles. The van der Waals surface area contributed by atoms with E-state index in [0.29, 0.717) is 18.4 Å². The molecule has 2 bridgehead atoms. The van der Waals surface area contributed by atoms with Crippen LogP contribution in [0.25, 0.3) is 0 Å². The van der Waals surface area contributed by atoms with Gasteiger partial charge in [0, 0.05) is 12.3 Å². The molecule has 5 heteroatoms. The molecule has 2 unspecified atom stereocenters. The number of ether oxygens (including phenoxy) is 1. The first-order valence-corrected chi connectivity index (χ1v) is 7.26. The van der Waals surface area contributed by atoms with Crippen LogP contribution >= 0.6 is 0 Å². The molecule has 2 aliphatic heterocycles. The van der Waals surface area contributed by atoms with E-state index in [9.17, 15) is 18.0 Å². The minimum atomic E-state index is -4.36. The summed E-state index contributed by atoms with van der Waals surface area (Å²) in [5, 5.41) is 0. The molecule has 3 rings (SSSR count). The van der Waals surface area contributed by atoms with Crippen LogP contribution in [0.1, 0.15) is 36.8 Å². The van der Waals surface area contributed by atoms with Gasteiger partial charge in [-0.05, 0) is 37.3 Å². The van der Waals surface area contributed by atoms with E-state index in [4.69, 9.17) is 4.74 Å². The molecule has 0 amide bonds. The summed E-state index contributed by atoms with van der Waals surface area (Å²) in [5.74, 6) is -0.0275. The maximum absolute atomic E-state index is 12.7. The highest BCUT2D eigenvalue weighted by molar-refractivity contribution is 5.83. The minimum absolute atomic E-state index is 0.0366. The molecule has 2 saturated heterocycles. The highest BCUT2D eigenvalue weighted by atomic mass is 19.4. The largest absolute Gasteiger partial charge is 0.416 e. The zero-order valence-corrected chi connectivity index (χ0v) is 11.5. The Labute approximate surface area is 121 Å². The zero-order valence-electron chi connectivity index (χ0n) is 11.5. The van der Waals surface area contributed by atoms with Crippen molar-refractivity contribution in [1.29, 1.82) is 0 Å². The van der Waals surface area contributed by atoms with Crippen molar-refractivity contribution in [3.63, 3.8) is 0 Å². The fraction of sp³-hybridized carbons (Fsp3) is 0.562. The smallest absolute Gasteiger partial charge is 0.375 e. The molecule has 2 fully saturated rings.